The van der Waals surface area contributed by atoms with Crippen LogP contribution in [0.3, 0.4) is 0 Å². The molecule has 0 unspecified atom stereocenters. The van der Waals surface area contributed by atoms with Gasteiger partial charge in [0.05, 0.1) is 26.6 Å². The van der Waals surface area contributed by atoms with Crippen LogP contribution in [0.1, 0.15) is 21.8 Å². The molecule has 7 heteroatoms. The normalized spacial score (nSPS) is 14.6. The lowest BCUT2D eigenvalue weighted by Gasteiger charge is -2.25. The van der Waals surface area contributed by atoms with Crippen LogP contribution in [-0.4, -0.2) is 31.2 Å². The number of H-pyrrole nitrogens is 1. The minimum absolute atomic E-state index is 0.0617. The molecule has 4 heterocycles. The summed E-state index contributed by atoms with van der Waals surface area (Å²) in [6, 6.07) is 10.0. The van der Waals surface area contributed by atoms with Gasteiger partial charge < -0.3 is 0 Å². The first-order chi connectivity index (χ1) is 13.2. The first kappa shape index (κ1) is 16.4. The van der Waals surface area contributed by atoms with Crippen molar-refractivity contribution in [1.82, 2.24) is 24.6 Å². The van der Waals surface area contributed by atoms with Gasteiger partial charge in [-0.05, 0) is 43.2 Å². The first-order valence-electron chi connectivity index (χ1n) is 8.99. The van der Waals surface area contributed by atoms with Crippen LogP contribution >= 0.6 is 11.3 Å². The molecule has 0 atom stereocenters. The maximum absolute atomic E-state index is 12.9. The lowest BCUT2D eigenvalue weighted by atomic mass is 10.1. The fourth-order valence-corrected chi connectivity index (χ4v) is 4.57. The van der Waals surface area contributed by atoms with E-state index in [9.17, 15) is 4.79 Å². The first-order valence-corrected chi connectivity index (χ1v) is 9.80. The third-order valence-electron chi connectivity index (χ3n) is 5.00. The zero-order valence-electron chi connectivity index (χ0n) is 15.0. The van der Waals surface area contributed by atoms with Gasteiger partial charge in [0, 0.05) is 37.6 Å². The minimum atomic E-state index is 0.0617. The molecule has 0 spiro atoms. The van der Waals surface area contributed by atoms with E-state index in [2.05, 4.69) is 26.0 Å². The molecule has 6 nitrogen and oxygen atoms in total. The number of nitrogens with zero attached hydrogens (tertiary/aromatic N) is 4. The molecule has 0 amide bonds. The van der Waals surface area contributed by atoms with Gasteiger partial charge in [-0.15, -0.1) is 11.3 Å². The van der Waals surface area contributed by atoms with Gasteiger partial charge in [0.2, 0.25) is 0 Å². The van der Waals surface area contributed by atoms with Gasteiger partial charge in [0.25, 0.3) is 5.56 Å². The molecule has 136 valence electrons. The molecule has 3 aromatic heterocycles. The van der Waals surface area contributed by atoms with E-state index in [0.717, 1.165) is 58.2 Å². The number of thiazole rings is 1. The summed E-state index contributed by atoms with van der Waals surface area (Å²) in [6.45, 7) is 4.46. The molecular weight excluding hydrogens is 358 g/mol. The molecule has 1 aliphatic rings. The number of rotatable bonds is 3. The number of benzene rings is 1. The summed E-state index contributed by atoms with van der Waals surface area (Å²) in [6.07, 6.45) is 4.45. The van der Waals surface area contributed by atoms with Crippen molar-refractivity contribution in [2.45, 2.75) is 26.4 Å². The summed E-state index contributed by atoms with van der Waals surface area (Å²) in [5.41, 5.74) is 5.01. The van der Waals surface area contributed by atoms with Crippen molar-refractivity contribution in [2.75, 3.05) is 6.54 Å². The molecule has 1 aliphatic heterocycles. The van der Waals surface area contributed by atoms with Crippen LogP contribution in [0.2, 0.25) is 0 Å². The Kier molecular flexibility index (Phi) is 3.91. The van der Waals surface area contributed by atoms with Gasteiger partial charge in [-0.25, -0.2) is 9.67 Å². The Bertz CT molecular complexity index is 1170. The van der Waals surface area contributed by atoms with Crippen LogP contribution in [0, 0.1) is 6.92 Å². The predicted molar refractivity (Wildman–Crippen MR) is 106 cm³/mol. The predicted octanol–water partition coefficient (Wildman–Crippen LogP) is 3.04. The maximum Gasteiger partial charge on any atom is 0.274 e. The number of aromatic amines is 1. The third kappa shape index (κ3) is 2.98. The number of fused-ring (bicyclic) bond motifs is 2. The van der Waals surface area contributed by atoms with Crippen LogP contribution in [0.25, 0.3) is 15.9 Å². The van der Waals surface area contributed by atoms with Crippen LogP contribution in [-0.2, 0) is 19.5 Å². The van der Waals surface area contributed by atoms with E-state index in [0.29, 0.717) is 0 Å². The quantitative estimate of drug-likeness (QED) is 0.596. The van der Waals surface area contributed by atoms with Gasteiger partial charge in [-0.3, -0.25) is 19.8 Å². The van der Waals surface area contributed by atoms with Gasteiger partial charge in [0.1, 0.15) is 0 Å². The molecule has 5 rings (SSSR count). The molecule has 27 heavy (non-hydrogen) atoms. The van der Waals surface area contributed by atoms with Crippen LogP contribution in [0.5, 0.6) is 0 Å². The van der Waals surface area contributed by atoms with Crippen molar-refractivity contribution in [1.29, 1.82) is 0 Å². The topological polar surface area (TPSA) is 66.8 Å². The number of hydrogen-bond acceptors (Lipinski definition) is 5. The Morgan fingerprint density at radius 2 is 2.22 bits per heavy atom. The number of nitrogens with one attached hydrogen (secondary N) is 1. The molecule has 1 N–H and O–H groups in total. The smallest absolute Gasteiger partial charge is 0.274 e. The highest BCUT2D eigenvalue weighted by molar-refractivity contribution is 7.18. The Morgan fingerprint density at radius 3 is 3.07 bits per heavy atom. The lowest BCUT2D eigenvalue weighted by molar-refractivity contribution is 0.242. The highest BCUT2D eigenvalue weighted by Crippen LogP contribution is 2.24. The fraction of sp³-hybridized carbons (Fsp3) is 0.250. The van der Waals surface area contributed by atoms with E-state index in [1.807, 2.05) is 37.4 Å². The fourth-order valence-electron chi connectivity index (χ4n) is 3.71. The molecule has 0 saturated heterocycles. The Balaban J connectivity index is 1.46. The number of aryl methyl sites for hydroxylation is 1. The molecule has 0 saturated carbocycles. The van der Waals surface area contributed by atoms with Crippen molar-refractivity contribution >= 4 is 21.6 Å². The molecule has 0 aliphatic carbocycles. The standard InChI is InChI=1S/C20H19N5OS/c1-13-22-17-5-4-15(9-19(17)27-13)25-20(26)16-6-8-24(12-18(16)23-25)11-14-3-2-7-21-10-14/h2-5,7,9-10,23H,6,8,11-12H2,1H3. The van der Waals surface area contributed by atoms with Crippen LogP contribution < -0.4 is 5.56 Å². The average Bonchev–Trinajstić information content (AvgIpc) is 3.21. The minimum Gasteiger partial charge on any atom is -0.293 e. The summed E-state index contributed by atoms with van der Waals surface area (Å²) in [7, 11) is 0. The summed E-state index contributed by atoms with van der Waals surface area (Å²) in [4.78, 5) is 23.9. The molecule has 0 bridgehead atoms. The Labute approximate surface area is 160 Å². The largest absolute Gasteiger partial charge is 0.293 e. The number of pyridine rings is 1. The number of aromatic nitrogens is 4. The highest BCUT2D eigenvalue weighted by Gasteiger charge is 2.23. The second-order valence-electron chi connectivity index (χ2n) is 6.92. The van der Waals surface area contributed by atoms with Crippen molar-refractivity contribution in [2.24, 2.45) is 0 Å². The van der Waals surface area contributed by atoms with E-state index in [1.165, 1.54) is 5.56 Å². The van der Waals surface area contributed by atoms with Crippen LogP contribution in [0.15, 0.2) is 47.5 Å². The lowest BCUT2D eigenvalue weighted by Crippen LogP contribution is -2.31. The molecule has 0 fully saturated rings. The zero-order valence-corrected chi connectivity index (χ0v) is 15.8. The molecule has 0 radical (unpaired) electrons. The van der Waals surface area contributed by atoms with Crippen molar-refractivity contribution in [3.05, 3.63) is 74.9 Å². The van der Waals surface area contributed by atoms with E-state index in [-0.39, 0.29) is 5.56 Å². The SMILES string of the molecule is Cc1nc2ccc(-n3[nH]c4c(c3=O)CCN(Cc3cccnc3)C4)cc2s1. The summed E-state index contributed by atoms with van der Waals surface area (Å²) < 4.78 is 2.77. The van der Waals surface area contributed by atoms with E-state index in [4.69, 9.17) is 0 Å². The van der Waals surface area contributed by atoms with Crippen molar-refractivity contribution in [3.8, 4) is 5.69 Å². The maximum atomic E-state index is 12.9. The van der Waals surface area contributed by atoms with Gasteiger partial charge in [0.15, 0.2) is 0 Å². The summed E-state index contributed by atoms with van der Waals surface area (Å²) in [5, 5.41) is 4.37. The Morgan fingerprint density at radius 1 is 1.30 bits per heavy atom. The highest BCUT2D eigenvalue weighted by atomic mass is 32.1. The second-order valence-corrected chi connectivity index (χ2v) is 8.15. The van der Waals surface area contributed by atoms with Gasteiger partial charge in [-0.1, -0.05) is 6.07 Å². The molecule has 1 aromatic carbocycles. The summed E-state index contributed by atoms with van der Waals surface area (Å²) in [5.74, 6) is 0. The number of hydrogen-bond donors (Lipinski definition) is 1. The average molecular weight is 377 g/mol. The van der Waals surface area contributed by atoms with Gasteiger partial charge in [-0.2, -0.15) is 0 Å². The summed E-state index contributed by atoms with van der Waals surface area (Å²) >= 11 is 1.65. The molecular formula is C20H19N5OS. The second kappa shape index (κ2) is 6.44. The van der Waals surface area contributed by atoms with Crippen LogP contribution in [0.4, 0.5) is 0 Å². The van der Waals surface area contributed by atoms with Crippen molar-refractivity contribution in [3.63, 3.8) is 0 Å². The van der Waals surface area contributed by atoms with E-state index < -0.39 is 0 Å². The third-order valence-corrected chi connectivity index (χ3v) is 5.93. The molecule has 4 aromatic rings. The van der Waals surface area contributed by atoms with E-state index in [1.54, 1.807) is 22.2 Å². The zero-order chi connectivity index (χ0) is 18.4. The Hall–Kier alpha value is -2.77. The van der Waals surface area contributed by atoms with Crippen molar-refractivity contribution < 1.29 is 0 Å². The monoisotopic (exact) mass is 377 g/mol. The van der Waals surface area contributed by atoms with E-state index >= 15 is 0 Å². The van der Waals surface area contributed by atoms with Gasteiger partial charge >= 0.3 is 0 Å².